The van der Waals surface area contributed by atoms with Gasteiger partial charge >= 0.3 is 0 Å². The van der Waals surface area contributed by atoms with Gasteiger partial charge in [-0.05, 0) is 44.9 Å². The molecule has 2 unspecified atom stereocenters. The molecule has 0 aromatic rings. The van der Waals surface area contributed by atoms with Gasteiger partial charge in [-0.1, -0.05) is 32.5 Å². The van der Waals surface area contributed by atoms with Gasteiger partial charge in [0.25, 0.3) is 0 Å². The van der Waals surface area contributed by atoms with Crippen LogP contribution in [0.1, 0.15) is 59.3 Å². The van der Waals surface area contributed by atoms with Crippen LogP contribution in [0, 0.1) is 5.92 Å². The van der Waals surface area contributed by atoms with Gasteiger partial charge in [0.2, 0.25) is 0 Å². The average molecular weight is 302 g/mol. The molecule has 1 saturated heterocycles. The quantitative estimate of drug-likeness (QED) is 0.389. The zero-order valence-corrected chi connectivity index (χ0v) is 13.9. The third-order valence-electron chi connectivity index (χ3n) is 3.83. The fraction of sp³-hybridized carbons (Fsp3) is 0.933. The van der Waals surface area contributed by atoms with E-state index >= 15 is 0 Å². The van der Waals surface area contributed by atoms with Gasteiger partial charge in [-0.3, -0.25) is 4.84 Å². The highest BCUT2D eigenvalue weighted by Crippen LogP contribution is 2.24. The van der Waals surface area contributed by atoms with Crippen LogP contribution in [0.2, 0.25) is 0 Å². The molecule has 0 radical (unpaired) electrons. The predicted octanol–water partition coefficient (Wildman–Crippen LogP) is 3.17. The molecule has 0 saturated carbocycles. The summed E-state index contributed by atoms with van der Waals surface area (Å²) in [5, 5.41) is 3.14. The van der Waals surface area contributed by atoms with Gasteiger partial charge in [0, 0.05) is 6.54 Å². The second kappa shape index (κ2) is 10.5. The van der Waals surface area contributed by atoms with Crippen molar-refractivity contribution in [1.82, 2.24) is 10.8 Å². The normalized spacial score (nSPS) is 24.4. The molecule has 1 heterocycles. The minimum Gasteiger partial charge on any atom is -0.380 e. The Kier molecular flexibility index (Phi) is 9.35. The molecule has 4 nitrogen and oxygen atoms in total. The molecule has 2 N–H and O–H groups in total. The molecule has 0 aromatic heterocycles. The van der Waals surface area contributed by atoms with Crippen LogP contribution in [-0.4, -0.2) is 30.5 Å². The molecule has 20 heavy (non-hydrogen) atoms. The summed E-state index contributed by atoms with van der Waals surface area (Å²) in [6, 6.07) is 0. The first-order valence-electron chi connectivity index (χ1n) is 7.90. The highest BCUT2D eigenvalue weighted by Gasteiger charge is 2.25. The largest absolute Gasteiger partial charge is 0.380 e. The highest BCUT2D eigenvalue weighted by molar-refractivity contribution is 7.80. The van der Waals surface area contributed by atoms with Crippen molar-refractivity contribution in [2.45, 2.75) is 71.6 Å². The number of thiocarbonyl (C=S) groups is 1. The van der Waals surface area contributed by atoms with Gasteiger partial charge in [-0.2, -0.15) is 5.48 Å². The molecular weight excluding hydrogens is 272 g/mol. The van der Waals surface area contributed by atoms with Crippen molar-refractivity contribution in [2.75, 3.05) is 13.2 Å². The van der Waals surface area contributed by atoms with Gasteiger partial charge in [-0.15, -0.1) is 0 Å². The number of hydrogen-bond acceptors (Lipinski definition) is 4. The van der Waals surface area contributed by atoms with Gasteiger partial charge < -0.3 is 10.1 Å². The van der Waals surface area contributed by atoms with E-state index < -0.39 is 0 Å². The van der Waals surface area contributed by atoms with Gasteiger partial charge in [0.05, 0.1) is 17.7 Å². The second-order valence-electron chi connectivity index (χ2n) is 5.64. The summed E-state index contributed by atoms with van der Waals surface area (Å²) in [6.45, 7) is 8.03. The highest BCUT2D eigenvalue weighted by atomic mass is 32.1. The fourth-order valence-corrected chi connectivity index (χ4v) is 2.44. The summed E-state index contributed by atoms with van der Waals surface area (Å²) < 4.78 is 6.03. The minimum absolute atomic E-state index is 0.0593. The molecule has 0 amide bonds. The number of rotatable bonds is 9. The van der Waals surface area contributed by atoms with Crippen LogP contribution >= 0.6 is 12.2 Å². The fourth-order valence-electron chi connectivity index (χ4n) is 2.34. The third-order valence-corrected chi connectivity index (χ3v) is 3.98. The Balaban J connectivity index is 2.02. The van der Waals surface area contributed by atoms with Crippen molar-refractivity contribution in [2.24, 2.45) is 5.92 Å². The minimum atomic E-state index is 0.0593. The zero-order valence-electron chi connectivity index (χ0n) is 13.1. The van der Waals surface area contributed by atoms with Gasteiger partial charge in [0.15, 0.2) is 0 Å². The van der Waals surface area contributed by atoms with E-state index in [-0.39, 0.29) is 6.23 Å². The van der Waals surface area contributed by atoms with Crippen LogP contribution in [0.3, 0.4) is 0 Å². The Morgan fingerprint density at radius 1 is 1.40 bits per heavy atom. The lowest BCUT2D eigenvalue weighted by atomic mass is 9.95. The lowest BCUT2D eigenvalue weighted by Gasteiger charge is -2.33. The first-order valence-corrected chi connectivity index (χ1v) is 8.31. The number of hydrogen-bond donors (Lipinski definition) is 2. The SMILES string of the molecule is CC[C@@H](C)C1CCCC(NOCCCCNC(C)=S)O1. The van der Waals surface area contributed by atoms with Crippen molar-refractivity contribution in [1.29, 1.82) is 0 Å². The average Bonchev–Trinajstić information content (AvgIpc) is 2.45. The van der Waals surface area contributed by atoms with E-state index in [2.05, 4.69) is 24.6 Å². The number of unbranched alkanes of at least 4 members (excludes halogenated alkanes) is 1. The molecule has 0 bridgehead atoms. The number of ether oxygens (including phenoxy) is 1. The summed E-state index contributed by atoms with van der Waals surface area (Å²) in [5.74, 6) is 0.628. The van der Waals surface area contributed by atoms with E-state index in [1.54, 1.807) is 0 Å². The van der Waals surface area contributed by atoms with Crippen LogP contribution in [0.25, 0.3) is 0 Å². The maximum Gasteiger partial charge on any atom is 0.130 e. The van der Waals surface area contributed by atoms with E-state index in [0.717, 1.165) is 30.8 Å². The number of hydroxylamine groups is 1. The maximum atomic E-state index is 6.03. The van der Waals surface area contributed by atoms with Crippen LogP contribution in [-0.2, 0) is 9.57 Å². The van der Waals surface area contributed by atoms with Crippen molar-refractivity contribution in [3.05, 3.63) is 0 Å². The molecule has 5 heteroatoms. The Morgan fingerprint density at radius 3 is 2.90 bits per heavy atom. The zero-order chi connectivity index (χ0) is 14.8. The molecule has 1 rings (SSSR count). The second-order valence-corrected chi connectivity index (χ2v) is 6.25. The van der Waals surface area contributed by atoms with Crippen molar-refractivity contribution >= 4 is 17.2 Å². The molecule has 0 spiro atoms. The van der Waals surface area contributed by atoms with Crippen molar-refractivity contribution in [3.63, 3.8) is 0 Å². The summed E-state index contributed by atoms with van der Waals surface area (Å²) in [6.07, 6.45) is 7.13. The summed E-state index contributed by atoms with van der Waals surface area (Å²) in [4.78, 5) is 6.36. The first kappa shape index (κ1) is 17.8. The van der Waals surface area contributed by atoms with Crippen LogP contribution in [0.5, 0.6) is 0 Å². The Bertz CT molecular complexity index is 277. The summed E-state index contributed by atoms with van der Waals surface area (Å²) in [7, 11) is 0. The topological polar surface area (TPSA) is 42.5 Å². The molecule has 0 aromatic carbocycles. The Hall–Kier alpha value is -0.230. The van der Waals surface area contributed by atoms with Crippen molar-refractivity contribution in [3.8, 4) is 0 Å². The van der Waals surface area contributed by atoms with Gasteiger partial charge in [-0.25, -0.2) is 0 Å². The third kappa shape index (κ3) is 7.53. The van der Waals surface area contributed by atoms with E-state index in [0.29, 0.717) is 18.6 Å². The first-order chi connectivity index (χ1) is 9.63. The van der Waals surface area contributed by atoms with Crippen LogP contribution < -0.4 is 10.8 Å². The molecule has 1 aliphatic rings. The molecule has 3 atom stereocenters. The smallest absolute Gasteiger partial charge is 0.130 e. The molecule has 0 aliphatic carbocycles. The number of nitrogens with one attached hydrogen (secondary N) is 2. The molecule has 1 aliphatic heterocycles. The van der Waals surface area contributed by atoms with E-state index in [4.69, 9.17) is 21.8 Å². The van der Waals surface area contributed by atoms with E-state index in [9.17, 15) is 0 Å². The van der Waals surface area contributed by atoms with E-state index in [1.807, 2.05) is 6.92 Å². The predicted molar refractivity (Wildman–Crippen MR) is 86.6 cm³/mol. The van der Waals surface area contributed by atoms with E-state index in [1.165, 1.54) is 19.3 Å². The van der Waals surface area contributed by atoms with Crippen LogP contribution in [0.15, 0.2) is 0 Å². The molecule has 118 valence electrons. The molecular formula is C15H30N2O2S. The standard InChI is InChI=1S/C15H30N2O2S/c1-4-12(2)14-8-7-9-15(19-14)17-18-11-6-5-10-16-13(3)20/h12,14-15,17H,4-11H2,1-3H3,(H,16,20)/t12-,14?,15?/m1/s1. The summed E-state index contributed by atoms with van der Waals surface area (Å²) in [5.41, 5.74) is 3.06. The summed E-state index contributed by atoms with van der Waals surface area (Å²) >= 11 is 4.95. The lowest BCUT2D eigenvalue weighted by Crippen LogP contribution is -2.41. The monoisotopic (exact) mass is 302 g/mol. The lowest BCUT2D eigenvalue weighted by molar-refractivity contribution is -0.152. The van der Waals surface area contributed by atoms with Gasteiger partial charge in [0.1, 0.15) is 6.23 Å². The van der Waals surface area contributed by atoms with Crippen LogP contribution in [0.4, 0.5) is 0 Å². The Morgan fingerprint density at radius 2 is 2.20 bits per heavy atom. The molecule has 1 fully saturated rings. The Labute approximate surface area is 128 Å². The maximum absolute atomic E-state index is 6.03. The van der Waals surface area contributed by atoms with Crippen molar-refractivity contribution < 1.29 is 9.57 Å².